The van der Waals surface area contributed by atoms with E-state index in [1.807, 2.05) is 17.0 Å². The highest BCUT2D eigenvalue weighted by Gasteiger charge is 2.24. The molecule has 1 aromatic heterocycles. The zero-order valence-corrected chi connectivity index (χ0v) is 15.4. The number of aromatic nitrogens is 1. The van der Waals surface area contributed by atoms with Crippen molar-refractivity contribution in [3.8, 4) is 0 Å². The fraction of sp³-hybridized carbons (Fsp3) is 0.227. The molecule has 0 atom stereocenters. The van der Waals surface area contributed by atoms with Crippen LogP contribution >= 0.6 is 0 Å². The summed E-state index contributed by atoms with van der Waals surface area (Å²) in [5, 5.41) is 12.3. The minimum absolute atomic E-state index is 0.00425. The molecule has 6 nitrogen and oxygen atoms in total. The smallest absolute Gasteiger partial charge is 0.276 e. The Hall–Kier alpha value is -3.41. The summed E-state index contributed by atoms with van der Waals surface area (Å²) in [6.45, 7) is 1.37. The number of rotatable bonds is 4. The number of hydrogen-bond donors (Lipinski definition) is 1. The second kappa shape index (κ2) is 7.68. The van der Waals surface area contributed by atoms with Crippen molar-refractivity contribution in [2.24, 2.45) is 0 Å². The maximum atomic E-state index is 12.5. The molecule has 1 N–H and O–H groups in total. The molecule has 0 spiro atoms. The van der Waals surface area contributed by atoms with Gasteiger partial charge < -0.3 is 9.88 Å². The van der Waals surface area contributed by atoms with Crippen LogP contribution in [0.4, 0.5) is 5.69 Å². The highest BCUT2D eigenvalue weighted by Crippen LogP contribution is 2.33. The Morgan fingerprint density at radius 3 is 2.61 bits per heavy atom. The predicted octanol–water partition coefficient (Wildman–Crippen LogP) is 4.50. The summed E-state index contributed by atoms with van der Waals surface area (Å²) < 4.78 is 0. The van der Waals surface area contributed by atoms with E-state index in [9.17, 15) is 14.9 Å². The standard InChI is InChI=1S/C22H21N3O3/c26-22(10-9-17-5-1-4-8-21(17)25(27)28)24-13-11-16(12-14-24)19-15-23-20-7-3-2-6-18(19)20/h1-10,15-16,23H,11-14H2/b10-9+. The number of likely N-dealkylation sites (tertiary alicyclic amines) is 1. The fourth-order valence-corrected chi connectivity index (χ4v) is 3.90. The number of carbonyl (C=O) groups excluding carboxylic acids is 1. The first-order valence-electron chi connectivity index (χ1n) is 9.40. The third-order valence-electron chi connectivity index (χ3n) is 5.41. The van der Waals surface area contributed by atoms with Gasteiger partial charge in [0.2, 0.25) is 5.91 Å². The van der Waals surface area contributed by atoms with Gasteiger partial charge in [0.25, 0.3) is 5.69 Å². The molecule has 1 aliphatic rings. The highest BCUT2D eigenvalue weighted by atomic mass is 16.6. The maximum absolute atomic E-state index is 12.5. The van der Waals surface area contributed by atoms with Crippen molar-refractivity contribution in [1.82, 2.24) is 9.88 Å². The quantitative estimate of drug-likeness (QED) is 0.414. The Morgan fingerprint density at radius 1 is 1.11 bits per heavy atom. The van der Waals surface area contributed by atoms with Gasteiger partial charge in [-0.1, -0.05) is 30.3 Å². The fourth-order valence-electron chi connectivity index (χ4n) is 3.90. The molecule has 142 valence electrons. The number of H-pyrrole nitrogens is 1. The number of fused-ring (bicyclic) bond motifs is 1. The Morgan fingerprint density at radius 2 is 1.82 bits per heavy atom. The molecule has 1 saturated heterocycles. The van der Waals surface area contributed by atoms with Crippen molar-refractivity contribution in [2.45, 2.75) is 18.8 Å². The number of nitro benzene ring substituents is 1. The van der Waals surface area contributed by atoms with Gasteiger partial charge in [0, 0.05) is 42.3 Å². The van der Waals surface area contributed by atoms with Crippen LogP contribution in [-0.2, 0) is 4.79 Å². The summed E-state index contributed by atoms with van der Waals surface area (Å²) >= 11 is 0. The number of carbonyl (C=O) groups is 1. The molecule has 0 aliphatic carbocycles. The van der Waals surface area contributed by atoms with Gasteiger partial charge in [0.05, 0.1) is 10.5 Å². The van der Waals surface area contributed by atoms with E-state index >= 15 is 0 Å². The number of para-hydroxylation sites is 2. The molecule has 3 aromatic rings. The molecule has 0 radical (unpaired) electrons. The van der Waals surface area contributed by atoms with Crippen molar-refractivity contribution < 1.29 is 9.72 Å². The molecule has 4 rings (SSSR count). The first-order chi connectivity index (χ1) is 13.6. The van der Waals surface area contributed by atoms with E-state index in [1.165, 1.54) is 29.2 Å². The second-order valence-electron chi connectivity index (χ2n) is 7.04. The van der Waals surface area contributed by atoms with Crippen molar-refractivity contribution in [3.63, 3.8) is 0 Å². The lowest BCUT2D eigenvalue weighted by Crippen LogP contribution is -2.36. The van der Waals surface area contributed by atoms with Crippen LogP contribution in [0.3, 0.4) is 0 Å². The predicted molar refractivity (Wildman–Crippen MR) is 109 cm³/mol. The molecule has 0 unspecified atom stereocenters. The van der Waals surface area contributed by atoms with E-state index in [-0.39, 0.29) is 11.6 Å². The van der Waals surface area contributed by atoms with Gasteiger partial charge in [-0.2, -0.15) is 0 Å². The lowest BCUT2D eigenvalue weighted by atomic mass is 9.89. The highest BCUT2D eigenvalue weighted by molar-refractivity contribution is 5.92. The van der Waals surface area contributed by atoms with Crippen LogP contribution in [0.25, 0.3) is 17.0 Å². The van der Waals surface area contributed by atoms with Gasteiger partial charge in [-0.3, -0.25) is 14.9 Å². The zero-order valence-electron chi connectivity index (χ0n) is 15.4. The Balaban J connectivity index is 1.41. The van der Waals surface area contributed by atoms with Crippen LogP contribution in [0.1, 0.15) is 29.9 Å². The molecule has 1 aliphatic heterocycles. The lowest BCUT2D eigenvalue weighted by Gasteiger charge is -2.31. The van der Waals surface area contributed by atoms with E-state index < -0.39 is 4.92 Å². The first-order valence-corrected chi connectivity index (χ1v) is 9.40. The zero-order chi connectivity index (χ0) is 19.5. The molecule has 1 amide bonds. The molecule has 1 fully saturated rings. The van der Waals surface area contributed by atoms with Crippen molar-refractivity contribution in [3.05, 3.63) is 82.0 Å². The SMILES string of the molecule is O=C(/C=C/c1ccccc1[N+](=O)[O-])N1CCC(c2c[nH]c3ccccc23)CC1. The number of aromatic amines is 1. The minimum atomic E-state index is -0.434. The van der Waals surface area contributed by atoms with Crippen LogP contribution < -0.4 is 0 Å². The van der Waals surface area contributed by atoms with Crippen LogP contribution in [-0.4, -0.2) is 33.8 Å². The number of nitro groups is 1. The summed E-state index contributed by atoms with van der Waals surface area (Å²) in [5.41, 5.74) is 2.90. The topological polar surface area (TPSA) is 79.2 Å². The average molecular weight is 375 g/mol. The third-order valence-corrected chi connectivity index (χ3v) is 5.41. The first kappa shape index (κ1) is 18.0. The van der Waals surface area contributed by atoms with Gasteiger partial charge >= 0.3 is 0 Å². The van der Waals surface area contributed by atoms with Crippen molar-refractivity contribution in [2.75, 3.05) is 13.1 Å². The summed E-state index contributed by atoms with van der Waals surface area (Å²) in [7, 11) is 0. The maximum Gasteiger partial charge on any atom is 0.276 e. The minimum Gasteiger partial charge on any atom is -0.361 e. The number of nitrogens with one attached hydrogen (secondary N) is 1. The summed E-state index contributed by atoms with van der Waals surface area (Å²) in [4.78, 5) is 28.3. The van der Waals surface area contributed by atoms with Crippen molar-refractivity contribution >= 4 is 28.6 Å². The van der Waals surface area contributed by atoms with E-state index in [2.05, 4.69) is 23.3 Å². The lowest BCUT2D eigenvalue weighted by molar-refractivity contribution is -0.385. The molecule has 2 aromatic carbocycles. The van der Waals surface area contributed by atoms with E-state index in [1.54, 1.807) is 18.2 Å². The van der Waals surface area contributed by atoms with Crippen LogP contribution in [0.5, 0.6) is 0 Å². The number of piperidine rings is 1. The molecule has 2 heterocycles. The molecular formula is C22H21N3O3. The summed E-state index contributed by atoms with van der Waals surface area (Å²) in [6, 6.07) is 14.7. The molecule has 0 bridgehead atoms. The third kappa shape index (κ3) is 3.53. The van der Waals surface area contributed by atoms with E-state index in [0.29, 0.717) is 24.6 Å². The van der Waals surface area contributed by atoms with Gasteiger partial charge in [-0.25, -0.2) is 0 Å². The largest absolute Gasteiger partial charge is 0.361 e. The molecule has 28 heavy (non-hydrogen) atoms. The Kier molecular flexibility index (Phi) is 4.93. The molecular weight excluding hydrogens is 354 g/mol. The van der Waals surface area contributed by atoms with Crippen LogP contribution in [0.15, 0.2) is 60.8 Å². The van der Waals surface area contributed by atoms with Gasteiger partial charge in [0.1, 0.15) is 0 Å². The summed E-state index contributed by atoms with van der Waals surface area (Å²) in [6.07, 6.45) is 6.88. The van der Waals surface area contributed by atoms with E-state index in [4.69, 9.17) is 0 Å². The Bertz CT molecular complexity index is 1050. The van der Waals surface area contributed by atoms with Crippen molar-refractivity contribution in [1.29, 1.82) is 0 Å². The normalized spacial score (nSPS) is 15.4. The van der Waals surface area contributed by atoms with Crippen LogP contribution in [0.2, 0.25) is 0 Å². The van der Waals surface area contributed by atoms with Gasteiger partial charge in [-0.05, 0) is 42.5 Å². The molecule has 0 saturated carbocycles. The second-order valence-corrected chi connectivity index (χ2v) is 7.04. The molecule has 6 heteroatoms. The summed E-state index contributed by atoms with van der Waals surface area (Å²) in [5.74, 6) is 0.329. The number of nitrogens with zero attached hydrogens (tertiary/aromatic N) is 2. The monoisotopic (exact) mass is 375 g/mol. The Labute approximate surface area is 162 Å². The number of amides is 1. The number of benzene rings is 2. The van der Waals surface area contributed by atoms with Crippen LogP contribution in [0, 0.1) is 10.1 Å². The van der Waals surface area contributed by atoms with E-state index in [0.717, 1.165) is 18.4 Å². The average Bonchev–Trinajstić information content (AvgIpc) is 3.16. The number of hydrogen-bond acceptors (Lipinski definition) is 3. The van der Waals surface area contributed by atoms with Gasteiger partial charge in [0.15, 0.2) is 0 Å². The van der Waals surface area contributed by atoms with Gasteiger partial charge in [-0.15, -0.1) is 0 Å².